The lowest BCUT2D eigenvalue weighted by Crippen LogP contribution is -2.32. The van der Waals surface area contributed by atoms with Crippen LogP contribution in [-0.4, -0.2) is 11.8 Å². The van der Waals surface area contributed by atoms with E-state index in [9.17, 15) is 18.4 Å². The average molecular weight is 425 g/mol. The first-order valence-electron chi connectivity index (χ1n) is 9.03. The van der Waals surface area contributed by atoms with Gasteiger partial charge >= 0.3 is 0 Å². The maximum Gasteiger partial charge on any atom is 0.282 e. The zero-order chi connectivity index (χ0) is 21.4. The number of imide groups is 1. The molecule has 2 amide bonds. The first-order chi connectivity index (χ1) is 14.3. The van der Waals surface area contributed by atoms with Crippen LogP contribution in [0, 0.1) is 18.6 Å². The molecule has 1 N–H and O–H groups in total. The minimum absolute atomic E-state index is 0.0395. The minimum atomic E-state index is -1.15. The SMILES string of the molecule is Cc1cccc(NC2=C(c3ccc(Cl)cc3)C(=O)N(c3ccc(F)c(F)c3)C2=O)c1. The fourth-order valence-corrected chi connectivity index (χ4v) is 3.38. The molecule has 0 radical (unpaired) electrons. The lowest BCUT2D eigenvalue weighted by atomic mass is 10.0. The molecule has 0 aliphatic carbocycles. The number of carbonyl (C=O) groups excluding carboxylic acids is 2. The predicted molar refractivity (Wildman–Crippen MR) is 112 cm³/mol. The second-order valence-electron chi connectivity index (χ2n) is 6.80. The summed E-state index contributed by atoms with van der Waals surface area (Å²) in [5.41, 5.74) is 2.14. The number of nitrogens with zero attached hydrogens (tertiary/aromatic N) is 1. The van der Waals surface area contributed by atoms with Crippen molar-refractivity contribution in [3.63, 3.8) is 0 Å². The summed E-state index contributed by atoms with van der Waals surface area (Å²) in [7, 11) is 0. The number of amides is 2. The topological polar surface area (TPSA) is 49.4 Å². The number of hydrogen-bond acceptors (Lipinski definition) is 3. The Morgan fingerprint density at radius 3 is 2.27 bits per heavy atom. The van der Waals surface area contributed by atoms with E-state index >= 15 is 0 Å². The molecule has 7 heteroatoms. The van der Waals surface area contributed by atoms with Gasteiger partial charge < -0.3 is 5.32 Å². The molecule has 1 aliphatic heterocycles. The van der Waals surface area contributed by atoms with Crippen molar-refractivity contribution in [3.05, 3.63) is 100 Å². The number of rotatable bonds is 4. The second kappa shape index (κ2) is 7.72. The maximum atomic E-state index is 13.8. The highest BCUT2D eigenvalue weighted by Crippen LogP contribution is 2.34. The van der Waals surface area contributed by atoms with Gasteiger partial charge in [-0.25, -0.2) is 13.7 Å². The molecule has 0 bridgehead atoms. The summed E-state index contributed by atoms with van der Waals surface area (Å²) in [5.74, 6) is -3.54. The van der Waals surface area contributed by atoms with Crippen LogP contribution in [0.1, 0.15) is 11.1 Å². The monoisotopic (exact) mass is 424 g/mol. The van der Waals surface area contributed by atoms with E-state index in [4.69, 9.17) is 11.6 Å². The fraction of sp³-hybridized carbons (Fsp3) is 0.0435. The third-order valence-electron chi connectivity index (χ3n) is 4.67. The Bertz CT molecular complexity index is 1210. The molecule has 0 spiro atoms. The van der Waals surface area contributed by atoms with Crippen molar-refractivity contribution in [2.24, 2.45) is 0 Å². The minimum Gasteiger partial charge on any atom is -0.350 e. The van der Waals surface area contributed by atoms with Crippen molar-refractivity contribution in [2.45, 2.75) is 6.92 Å². The first kappa shape index (κ1) is 19.8. The van der Waals surface area contributed by atoms with Gasteiger partial charge in [0, 0.05) is 16.8 Å². The highest BCUT2D eigenvalue weighted by molar-refractivity contribution is 6.46. The highest BCUT2D eigenvalue weighted by atomic mass is 35.5. The van der Waals surface area contributed by atoms with Gasteiger partial charge in [0.2, 0.25) is 0 Å². The van der Waals surface area contributed by atoms with Crippen LogP contribution in [0.25, 0.3) is 5.57 Å². The van der Waals surface area contributed by atoms with Crippen LogP contribution in [0.2, 0.25) is 5.02 Å². The number of carbonyl (C=O) groups is 2. The van der Waals surface area contributed by atoms with Gasteiger partial charge in [-0.15, -0.1) is 0 Å². The van der Waals surface area contributed by atoms with Crippen LogP contribution in [0.4, 0.5) is 20.2 Å². The summed E-state index contributed by atoms with van der Waals surface area (Å²) in [6, 6.07) is 16.6. The Balaban J connectivity index is 1.83. The molecule has 3 aromatic carbocycles. The molecule has 3 aromatic rings. The van der Waals surface area contributed by atoms with E-state index in [1.54, 1.807) is 30.3 Å². The van der Waals surface area contributed by atoms with Gasteiger partial charge in [0.1, 0.15) is 5.70 Å². The van der Waals surface area contributed by atoms with Gasteiger partial charge in [-0.2, -0.15) is 0 Å². The van der Waals surface area contributed by atoms with E-state index < -0.39 is 23.4 Å². The number of anilines is 2. The molecule has 0 aromatic heterocycles. The Labute approximate surface area is 176 Å². The largest absolute Gasteiger partial charge is 0.350 e. The molecule has 4 rings (SSSR count). The van der Waals surface area contributed by atoms with Crippen LogP contribution in [0.5, 0.6) is 0 Å². The van der Waals surface area contributed by atoms with E-state index in [-0.39, 0.29) is 17.0 Å². The van der Waals surface area contributed by atoms with Crippen molar-refractivity contribution in [2.75, 3.05) is 10.2 Å². The summed E-state index contributed by atoms with van der Waals surface area (Å²) < 4.78 is 27.1. The fourth-order valence-electron chi connectivity index (χ4n) is 3.26. The molecule has 0 atom stereocenters. The molecule has 1 heterocycles. The average Bonchev–Trinajstić information content (AvgIpc) is 2.95. The van der Waals surface area contributed by atoms with Gasteiger partial charge in [0.15, 0.2) is 11.6 Å². The summed E-state index contributed by atoms with van der Waals surface area (Å²) in [5, 5.41) is 3.49. The van der Waals surface area contributed by atoms with E-state index in [2.05, 4.69) is 5.32 Å². The van der Waals surface area contributed by atoms with Crippen molar-refractivity contribution >= 4 is 40.4 Å². The smallest absolute Gasteiger partial charge is 0.282 e. The van der Waals surface area contributed by atoms with Crippen LogP contribution >= 0.6 is 11.6 Å². The summed E-state index contributed by atoms with van der Waals surface area (Å²) in [4.78, 5) is 27.2. The summed E-state index contributed by atoms with van der Waals surface area (Å²) in [6.07, 6.45) is 0. The van der Waals surface area contributed by atoms with Crippen molar-refractivity contribution in [1.29, 1.82) is 0 Å². The van der Waals surface area contributed by atoms with E-state index in [1.165, 1.54) is 6.07 Å². The van der Waals surface area contributed by atoms with Crippen molar-refractivity contribution in [3.8, 4) is 0 Å². The number of benzene rings is 3. The molecule has 150 valence electrons. The maximum absolute atomic E-state index is 13.8. The Kier molecular flexibility index (Phi) is 5.10. The molecular formula is C23H15ClF2N2O2. The molecule has 0 unspecified atom stereocenters. The van der Waals surface area contributed by atoms with Gasteiger partial charge in [-0.05, 0) is 54.4 Å². The van der Waals surface area contributed by atoms with Gasteiger partial charge in [0.25, 0.3) is 11.8 Å². The molecule has 30 heavy (non-hydrogen) atoms. The third-order valence-corrected chi connectivity index (χ3v) is 4.92. The molecule has 0 saturated heterocycles. The number of halogens is 3. The number of hydrogen-bond donors (Lipinski definition) is 1. The summed E-state index contributed by atoms with van der Waals surface area (Å²) in [6.45, 7) is 1.90. The van der Waals surface area contributed by atoms with Gasteiger partial charge in [0.05, 0.1) is 11.3 Å². The van der Waals surface area contributed by atoms with Crippen LogP contribution < -0.4 is 10.2 Å². The Morgan fingerprint density at radius 2 is 1.60 bits per heavy atom. The molecule has 0 saturated carbocycles. The zero-order valence-electron chi connectivity index (χ0n) is 15.7. The van der Waals surface area contributed by atoms with Gasteiger partial charge in [-0.1, -0.05) is 35.9 Å². The Hall–Kier alpha value is -3.51. The lowest BCUT2D eigenvalue weighted by molar-refractivity contribution is -0.120. The third kappa shape index (κ3) is 3.57. The molecular weight excluding hydrogens is 410 g/mol. The normalized spacial score (nSPS) is 13.9. The molecule has 0 fully saturated rings. The van der Waals surface area contributed by atoms with Crippen LogP contribution in [0.3, 0.4) is 0 Å². The number of aryl methyl sites for hydroxylation is 1. The molecule has 1 aliphatic rings. The van der Waals surface area contributed by atoms with Crippen molar-refractivity contribution < 1.29 is 18.4 Å². The van der Waals surface area contributed by atoms with Crippen LogP contribution in [0.15, 0.2) is 72.4 Å². The number of nitrogens with one attached hydrogen (secondary N) is 1. The second-order valence-corrected chi connectivity index (χ2v) is 7.23. The van der Waals surface area contributed by atoms with E-state index in [0.717, 1.165) is 22.6 Å². The quantitative estimate of drug-likeness (QED) is 0.576. The van der Waals surface area contributed by atoms with Gasteiger partial charge in [-0.3, -0.25) is 9.59 Å². The first-order valence-corrected chi connectivity index (χ1v) is 9.40. The highest BCUT2D eigenvalue weighted by Gasteiger charge is 2.40. The van der Waals surface area contributed by atoms with Crippen LogP contribution in [-0.2, 0) is 9.59 Å². The predicted octanol–water partition coefficient (Wildman–Crippen LogP) is 5.32. The molecule has 4 nitrogen and oxygen atoms in total. The van der Waals surface area contributed by atoms with Crippen molar-refractivity contribution in [1.82, 2.24) is 0 Å². The zero-order valence-corrected chi connectivity index (χ0v) is 16.5. The standard InChI is InChI=1S/C23H15ClF2N2O2/c1-13-3-2-4-16(11-13)27-21-20(14-5-7-15(24)8-6-14)22(29)28(23(21)30)17-9-10-18(25)19(26)12-17/h2-12,27H,1H3. The van der Waals surface area contributed by atoms with E-state index in [1.807, 2.05) is 25.1 Å². The van der Waals surface area contributed by atoms with E-state index in [0.29, 0.717) is 16.3 Å². The lowest BCUT2D eigenvalue weighted by Gasteiger charge is -2.15. The summed E-state index contributed by atoms with van der Waals surface area (Å²) >= 11 is 5.95. The Morgan fingerprint density at radius 1 is 0.867 bits per heavy atom.